The maximum atomic E-state index is 13.8. The zero-order valence-corrected chi connectivity index (χ0v) is 14.0. The Bertz CT molecular complexity index is 833. The number of benzene rings is 1. The molecule has 2 atom stereocenters. The monoisotopic (exact) mass is 345 g/mol. The SMILES string of the molecule is C[C@H](NC(=O)c1cnc(-c2ccccc2F)s1)[C@H](C)n1cncn1. The van der Waals surface area contributed by atoms with Crippen LogP contribution in [0.25, 0.3) is 10.6 Å². The minimum Gasteiger partial charge on any atom is -0.347 e. The van der Waals surface area contributed by atoms with Crippen molar-refractivity contribution in [3.63, 3.8) is 0 Å². The van der Waals surface area contributed by atoms with Gasteiger partial charge < -0.3 is 5.32 Å². The van der Waals surface area contributed by atoms with Crippen molar-refractivity contribution >= 4 is 17.2 Å². The molecule has 8 heteroatoms. The number of hydrogen-bond donors (Lipinski definition) is 1. The summed E-state index contributed by atoms with van der Waals surface area (Å²) in [4.78, 5) is 20.9. The Labute approximate surface area is 142 Å². The Morgan fingerprint density at radius 2 is 2.12 bits per heavy atom. The van der Waals surface area contributed by atoms with E-state index in [9.17, 15) is 9.18 Å². The first-order chi connectivity index (χ1) is 11.6. The normalized spacial score (nSPS) is 13.5. The second-order valence-corrected chi connectivity index (χ2v) is 6.42. The summed E-state index contributed by atoms with van der Waals surface area (Å²) in [5, 5.41) is 7.47. The summed E-state index contributed by atoms with van der Waals surface area (Å²) in [7, 11) is 0. The highest BCUT2D eigenvalue weighted by molar-refractivity contribution is 7.16. The molecule has 2 heterocycles. The molecule has 0 aliphatic carbocycles. The average molecular weight is 345 g/mol. The van der Waals surface area contributed by atoms with E-state index in [4.69, 9.17) is 0 Å². The Hall–Kier alpha value is -2.61. The first-order valence-corrected chi connectivity index (χ1v) is 8.23. The topological polar surface area (TPSA) is 72.7 Å². The van der Waals surface area contributed by atoms with E-state index >= 15 is 0 Å². The summed E-state index contributed by atoms with van der Waals surface area (Å²) in [6, 6.07) is 6.17. The molecule has 0 bridgehead atoms. The zero-order valence-electron chi connectivity index (χ0n) is 13.2. The number of aromatic nitrogens is 4. The molecular weight excluding hydrogens is 329 g/mol. The van der Waals surface area contributed by atoms with Crippen LogP contribution < -0.4 is 5.32 Å². The van der Waals surface area contributed by atoms with Crippen molar-refractivity contribution < 1.29 is 9.18 Å². The van der Waals surface area contributed by atoms with Crippen LogP contribution in [-0.2, 0) is 0 Å². The molecule has 124 valence electrons. The lowest BCUT2D eigenvalue weighted by atomic mass is 10.2. The van der Waals surface area contributed by atoms with Gasteiger partial charge in [0.25, 0.3) is 5.91 Å². The maximum Gasteiger partial charge on any atom is 0.263 e. The molecule has 3 rings (SSSR count). The van der Waals surface area contributed by atoms with Crippen LogP contribution in [0.15, 0.2) is 43.1 Å². The molecule has 0 aliphatic heterocycles. The summed E-state index contributed by atoms with van der Waals surface area (Å²) in [5.41, 5.74) is 0.394. The first-order valence-electron chi connectivity index (χ1n) is 7.42. The van der Waals surface area contributed by atoms with Gasteiger partial charge in [-0.05, 0) is 26.0 Å². The van der Waals surface area contributed by atoms with Gasteiger partial charge in [0.2, 0.25) is 0 Å². The Morgan fingerprint density at radius 3 is 2.83 bits per heavy atom. The molecule has 1 amide bonds. The fourth-order valence-electron chi connectivity index (χ4n) is 2.19. The van der Waals surface area contributed by atoms with Crippen LogP contribution in [0.3, 0.4) is 0 Å². The minimum atomic E-state index is -0.355. The van der Waals surface area contributed by atoms with Gasteiger partial charge in [-0.15, -0.1) is 11.3 Å². The molecule has 0 fully saturated rings. The van der Waals surface area contributed by atoms with Crippen molar-refractivity contribution in [1.29, 1.82) is 0 Å². The molecule has 3 aromatic rings. The number of carbonyl (C=O) groups is 1. The van der Waals surface area contributed by atoms with Crippen LogP contribution in [-0.4, -0.2) is 31.7 Å². The van der Waals surface area contributed by atoms with Crippen molar-refractivity contribution in [3.05, 3.63) is 53.8 Å². The number of nitrogens with one attached hydrogen (secondary N) is 1. The van der Waals surface area contributed by atoms with Crippen molar-refractivity contribution in [2.45, 2.75) is 25.9 Å². The van der Waals surface area contributed by atoms with Crippen LogP contribution in [0.4, 0.5) is 4.39 Å². The molecule has 24 heavy (non-hydrogen) atoms. The number of amides is 1. The van der Waals surface area contributed by atoms with Crippen molar-refractivity contribution in [3.8, 4) is 10.6 Å². The highest BCUT2D eigenvalue weighted by Crippen LogP contribution is 2.27. The predicted octanol–water partition coefficient (Wildman–Crippen LogP) is 2.92. The van der Waals surface area contributed by atoms with E-state index in [2.05, 4.69) is 20.4 Å². The third-order valence-electron chi connectivity index (χ3n) is 3.77. The highest BCUT2D eigenvalue weighted by Gasteiger charge is 2.20. The van der Waals surface area contributed by atoms with Gasteiger partial charge >= 0.3 is 0 Å². The molecule has 0 spiro atoms. The lowest BCUT2D eigenvalue weighted by Crippen LogP contribution is -2.38. The molecule has 0 saturated carbocycles. The fraction of sp³-hybridized carbons (Fsp3) is 0.250. The van der Waals surface area contributed by atoms with E-state index in [-0.39, 0.29) is 23.8 Å². The minimum absolute atomic E-state index is 0.0459. The number of rotatable bonds is 5. The predicted molar refractivity (Wildman–Crippen MR) is 89.2 cm³/mol. The molecule has 1 aromatic carbocycles. The Morgan fingerprint density at radius 1 is 1.33 bits per heavy atom. The molecule has 6 nitrogen and oxygen atoms in total. The van der Waals surface area contributed by atoms with Crippen molar-refractivity contribution in [2.24, 2.45) is 0 Å². The van der Waals surface area contributed by atoms with Gasteiger partial charge in [0, 0.05) is 11.6 Å². The number of halogens is 1. The average Bonchev–Trinajstić information content (AvgIpc) is 3.26. The zero-order chi connectivity index (χ0) is 17.1. The first kappa shape index (κ1) is 16.3. The lowest BCUT2D eigenvalue weighted by molar-refractivity contribution is 0.0932. The molecular formula is C16H16FN5OS. The van der Waals surface area contributed by atoms with Crippen LogP contribution >= 0.6 is 11.3 Å². The standard InChI is InChI=1S/C16H16FN5OS/c1-10(11(2)22-9-18-8-20-22)21-15(23)14-7-19-16(24-14)12-5-3-4-6-13(12)17/h3-11H,1-2H3,(H,21,23)/t10-,11-/m0/s1. The van der Waals surface area contributed by atoms with Crippen molar-refractivity contribution in [2.75, 3.05) is 0 Å². The van der Waals surface area contributed by atoms with E-state index in [0.717, 1.165) is 11.3 Å². The van der Waals surface area contributed by atoms with Crippen LogP contribution in [0.2, 0.25) is 0 Å². The summed E-state index contributed by atoms with van der Waals surface area (Å²) < 4.78 is 15.5. The highest BCUT2D eigenvalue weighted by atomic mass is 32.1. The molecule has 1 N–H and O–H groups in total. The number of thiazole rings is 1. The van der Waals surface area contributed by atoms with E-state index in [1.165, 1.54) is 18.6 Å². The Balaban J connectivity index is 1.71. The summed E-state index contributed by atoms with van der Waals surface area (Å²) in [6.07, 6.45) is 4.53. The molecule has 0 saturated heterocycles. The molecule has 0 unspecified atom stereocenters. The summed E-state index contributed by atoms with van der Waals surface area (Å²) in [6.45, 7) is 3.83. The largest absolute Gasteiger partial charge is 0.347 e. The van der Waals surface area contributed by atoms with Gasteiger partial charge in [0.1, 0.15) is 28.4 Å². The lowest BCUT2D eigenvalue weighted by Gasteiger charge is -2.20. The van der Waals surface area contributed by atoms with E-state index in [0.29, 0.717) is 15.4 Å². The summed E-state index contributed by atoms with van der Waals surface area (Å²) >= 11 is 1.16. The number of carbonyl (C=O) groups excluding carboxylic acids is 1. The van der Waals surface area contributed by atoms with Gasteiger partial charge in [-0.25, -0.2) is 19.0 Å². The maximum absolute atomic E-state index is 13.8. The smallest absolute Gasteiger partial charge is 0.263 e. The van der Waals surface area contributed by atoms with E-state index in [1.807, 2.05) is 13.8 Å². The number of hydrogen-bond acceptors (Lipinski definition) is 5. The van der Waals surface area contributed by atoms with Gasteiger partial charge in [-0.1, -0.05) is 12.1 Å². The fourth-order valence-corrected chi connectivity index (χ4v) is 3.04. The second-order valence-electron chi connectivity index (χ2n) is 5.39. The Kier molecular flexibility index (Phi) is 4.66. The van der Waals surface area contributed by atoms with Crippen LogP contribution in [0.5, 0.6) is 0 Å². The number of nitrogens with zero attached hydrogens (tertiary/aromatic N) is 4. The van der Waals surface area contributed by atoms with Gasteiger partial charge in [-0.2, -0.15) is 5.10 Å². The van der Waals surface area contributed by atoms with Gasteiger partial charge in [-0.3, -0.25) is 4.79 Å². The third-order valence-corrected chi connectivity index (χ3v) is 4.80. The van der Waals surface area contributed by atoms with Crippen molar-refractivity contribution in [1.82, 2.24) is 25.1 Å². The molecule has 0 aliphatic rings. The van der Waals surface area contributed by atoms with E-state index < -0.39 is 0 Å². The van der Waals surface area contributed by atoms with Gasteiger partial charge in [0.05, 0.1) is 12.2 Å². The third kappa shape index (κ3) is 3.33. The van der Waals surface area contributed by atoms with Crippen LogP contribution in [0.1, 0.15) is 29.6 Å². The van der Waals surface area contributed by atoms with Gasteiger partial charge in [0.15, 0.2) is 0 Å². The van der Waals surface area contributed by atoms with E-state index in [1.54, 1.807) is 29.2 Å². The second kappa shape index (κ2) is 6.88. The van der Waals surface area contributed by atoms with Crippen LogP contribution in [0, 0.1) is 5.82 Å². The molecule has 0 radical (unpaired) electrons. The summed E-state index contributed by atoms with van der Waals surface area (Å²) in [5.74, 6) is -0.596. The quantitative estimate of drug-likeness (QED) is 0.772. The molecule has 2 aromatic heterocycles.